The molecule has 0 saturated heterocycles. The molecule has 0 unspecified atom stereocenters. The van der Waals surface area contributed by atoms with Gasteiger partial charge in [-0.1, -0.05) is 54.6 Å². The number of para-hydroxylation sites is 1. The van der Waals surface area contributed by atoms with Crippen molar-refractivity contribution in [3.8, 4) is 11.3 Å². The molecule has 7 heteroatoms. The highest BCUT2D eigenvalue weighted by Crippen LogP contribution is 2.43. The Morgan fingerprint density at radius 2 is 1.52 bits per heavy atom. The molecule has 1 atom stereocenters. The minimum Gasteiger partial charge on any atom is -0.340 e. The second-order valence-electron chi connectivity index (χ2n) is 7.64. The summed E-state index contributed by atoms with van der Waals surface area (Å²) < 4.78 is 0. The quantitative estimate of drug-likeness (QED) is 0.359. The Balaban J connectivity index is 1.71. The third-order valence-electron chi connectivity index (χ3n) is 5.85. The summed E-state index contributed by atoms with van der Waals surface area (Å²) in [6.07, 6.45) is 0. The Bertz CT molecular complexity index is 1640. The van der Waals surface area contributed by atoms with Crippen LogP contribution in [0.4, 0.5) is 5.69 Å². The van der Waals surface area contributed by atoms with Gasteiger partial charge in [0.15, 0.2) is 0 Å². The van der Waals surface area contributed by atoms with Gasteiger partial charge in [0.2, 0.25) is 5.91 Å². The third-order valence-corrected chi connectivity index (χ3v) is 5.85. The number of amides is 1. The van der Waals surface area contributed by atoms with Gasteiger partial charge in [-0.25, -0.2) is 4.79 Å². The molecule has 3 aromatic carbocycles. The number of aromatic amines is 3. The van der Waals surface area contributed by atoms with Gasteiger partial charge in [0.25, 0.3) is 5.56 Å². The lowest BCUT2D eigenvalue weighted by molar-refractivity contribution is -0.116. The van der Waals surface area contributed by atoms with Crippen LogP contribution in [-0.4, -0.2) is 20.9 Å². The zero-order valence-corrected chi connectivity index (χ0v) is 16.2. The molecule has 3 heterocycles. The second kappa shape index (κ2) is 6.30. The molecule has 0 radical (unpaired) electrons. The van der Waals surface area contributed by atoms with Crippen LogP contribution in [-0.2, 0) is 4.79 Å². The van der Waals surface area contributed by atoms with Crippen LogP contribution in [0.25, 0.3) is 33.1 Å². The Morgan fingerprint density at radius 1 is 0.742 bits per heavy atom. The maximum Gasteiger partial charge on any atom is 0.327 e. The van der Waals surface area contributed by atoms with E-state index in [0.29, 0.717) is 16.9 Å². The zero-order chi connectivity index (χ0) is 21.1. The SMILES string of the molecule is O=C1Nc2ccccc2[C@@H]1c1c(-c2ccc3ccccc3c2)[nH]c2[nH]c(=O)[nH]c(=O)c12. The number of aromatic nitrogens is 3. The van der Waals surface area contributed by atoms with Gasteiger partial charge in [-0.15, -0.1) is 0 Å². The van der Waals surface area contributed by atoms with Crippen LogP contribution in [0.15, 0.2) is 76.3 Å². The number of anilines is 1. The van der Waals surface area contributed by atoms with Gasteiger partial charge < -0.3 is 10.3 Å². The Morgan fingerprint density at radius 3 is 2.39 bits per heavy atom. The smallest absolute Gasteiger partial charge is 0.327 e. The number of nitrogens with one attached hydrogen (secondary N) is 4. The molecule has 1 aliphatic heterocycles. The van der Waals surface area contributed by atoms with Gasteiger partial charge in [0, 0.05) is 11.3 Å². The van der Waals surface area contributed by atoms with Crippen molar-refractivity contribution in [2.75, 3.05) is 5.32 Å². The van der Waals surface area contributed by atoms with E-state index >= 15 is 0 Å². The van der Waals surface area contributed by atoms with Gasteiger partial charge >= 0.3 is 5.69 Å². The Kier molecular flexibility index (Phi) is 3.55. The minimum atomic E-state index is -0.682. The van der Waals surface area contributed by atoms with Crippen molar-refractivity contribution in [2.45, 2.75) is 5.92 Å². The molecule has 6 rings (SSSR count). The average Bonchev–Trinajstić information content (AvgIpc) is 3.29. The first kappa shape index (κ1) is 17.5. The van der Waals surface area contributed by atoms with E-state index in [2.05, 4.69) is 20.3 Å². The molecule has 7 nitrogen and oxygen atoms in total. The van der Waals surface area contributed by atoms with Crippen LogP contribution in [0.5, 0.6) is 0 Å². The molecule has 0 fully saturated rings. The first-order valence-electron chi connectivity index (χ1n) is 9.87. The van der Waals surface area contributed by atoms with Crippen molar-refractivity contribution < 1.29 is 4.79 Å². The van der Waals surface area contributed by atoms with Gasteiger partial charge in [-0.3, -0.25) is 19.6 Å². The highest BCUT2D eigenvalue weighted by molar-refractivity contribution is 6.09. The second-order valence-corrected chi connectivity index (χ2v) is 7.64. The Labute approximate surface area is 174 Å². The van der Waals surface area contributed by atoms with E-state index in [1.807, 2.05) is 66.7 Å². The van der Waals surface area contributed by atoms with Crippen molar-refractivity contribution in [3.63, 3.8) is 0 Å². The first-order valence-corrected chi connectivity index (χ1v) is 9.87. The average molecular weight is 408 g/mol. The summed E-state index contributed by atoms with van der Waals surface area (Å²) in [5.74, 6) is -0.895. The van der Waals surface area contributed by atoms with Crippen molar-refractivity contribution in [2.24, 2.45) is 0 Å². The monoisotopic (exact) mass is 408 g/mol. The molecule has 1 aliphatic rings. The lowest BCUT2D eigenvalue weighted by atomic mass is 9.88. The molecular weight excluding hydrogens is 392 g/mol. The van der Waals surface area contributed by atoms with E-state index in [0.717, 1.165) is 27.6 Å². The summed E-state index contributed by atoms with van der Waals surface area (Å²) in [6.45, 7) is 0. The van der Waals surface area contributed by atoms with Crippen LogP contribution >= 0.6 is 0 Å². The minimum absolute atomic E-state index is 0.213. The molecule has 1 amide bonds. The van der Waals surface area contributed by atoms with Gasteiger partial charge in [-0.2, -0.15) is 0 Å². The number of rotatable bonds is 2. The fourth-order valence-corrected chi connectivity index (χ4v) is 4.51. The van der Waals surface area contributed by atoms with Crippen LogP contribution in [0.2, 0.25) is 0 Å². The number of hydrogen-bond acceptors (Lipinski definition) is 3. The molecule has 0 aliphatic carbocycles. The number of fused-ring (bicyclic) bond motifs is 3. The van der Waals surface area contributed by atoms with Crippen molar-refractivity contribution in [3.05, 3.63) is 98.7 Å². The molecule has 2 aromatic heterocycles. The molecule has 0 bridgehead atoms. The molecular formula is C24H16N4O3. The number of carbonyl (C=O) groups is 1. The fraction of sp³-hybridized carbons (Fsp3) is 0.0417. The van der Waals surface area contributed by atoms with E-state index < -0.39 is 17.2 Å². The lowest BCUT2D eigenvalue weighted by Crippen LogP contribution is -2.23. The molecule has 4 N–H and O–H groups in total. The Hall–Kier alpha value is -4.39. The van der Waals surface area contributed by atoms with E-state index in [1.165, 1.54) is 0 Å². The van der Waals surface area contributed by atoms with Gasteiger partial charge in [-0.05, 0) is 34.0 Å². The van der Waals surface area contributed by atoms with E-state index in [9.17, 15) is 14.4 Å². The number of H-pyrrole nitrogens is 3. The molecule has 0 spiro atoms. The van der Waals surface area contributed by atoms with Crippen molar-refractivity contribution >= 4 is 33.4 Å². The summed E-state index contributed by atoms with van der Waals surface area (Å²) in [6, 6.07) is 21.3. The van der Waals surface area contributed by atoms with Crippen molar-refractivity contribution in [1.29, 1.82) is 0 Å². The lowest BCUT2D eigenvalue weighted by Gasteiger charge is -2.12. The highest BCUT2D eigenvalue weighted by Gasteiger charge is 2.36. The van der Waals surface area contributed by atoms with E-state index in [4.69, 9.17) is 0 Å². The van der Waals surface area contributed by atoms with Crippen LogP contribution in [0.3, 0.4) is 0 Å². The molecule has 5 aromatic rings. The summed E-state index contributed by atoms with van der Waals surface area (Å²) in [5, 5.41) is 5.29. The summed E-state index contributed by atoms with van der Waals surface area (Å²) in [5.41, 5.74) is 2.67. The summed E-state index contributed by atoms with van der Waals surface area (Å²) >= 11 is 0. The highest BCUT2D eigenvalue weighted by atomic mass is 16.2. The largest absolute Gasteiger partial charge is 0.340 e. The fourth-order valence-electron chi connectivity index (χ4n) is 4.51. The molecule has 150 valence electrons. The van der Waals surface area contributed by atoms with Gasteiger partial charge in [0.05, 0.1) is 17.0 Å². The maximum absolute atomic E-state index is 13.0. The number of hydrogen-bond donors (Lipinski definition) is 4. The predicted octanol–water partition coefficient (Wildman–Crippen LogP) is 3.45. The summed E-state index contributed by atoms with van der Waals surface area (Å²) in [7, 11) is 0. The molecule has 0 saturated carbocycles. The van der Waals surface area contributed by atoms with Crippen LogP contribution < -0.4 is 16.6 Å². The molecule has 31 heavy (non-hydrogen) atoms. The van der Waals surface area contributed by atoms with Crippen LogP contribution in [0, 0.1) is 0 Å². The normalized spacial score (nSPS) is 15.4. The van der Waals surface area contributed by atoms with Gasteiger partial charge in [0.1, 0.15) is 5.65 Å². The standard InChI is InChI=1S/C24H16N4O3/c29-22-17(15-7-3-4-8-16(15)25-22)18-19-21(27-24(31)28-23(19)30)26-20(18)14-10-9-12-5-1-2-6-13(12)11-14/h1-11,17H,(H,25,29)(H3,26,27,28,30,31)/t17-/m1/s1. The van der Waals surface area contributed by atoms with Crippen molar-refractivity contribution in [1.82, 2.24) is 15.0 Å². The first-order chi connectivity index (χ1) is 15.1. The topological polar surface area (TPSA) is 111 Å². The predicted molar refractivity (Wildman–Crippen MR) is 119 cm³/mol. The number of benzene rings is 3. The van der Waals surface area contributed by atoms with E-state index in [-0.39, 0.29) is 11.3 Å². The maximum atomic E-state index is 13.0. The third kappa shape index (κ3) is 2.56. The van der Waals surface area contributed by atoms with E-state index in [1.54, 1.807) is 0 Å². The number of carbonyl (C=O) groups excluding carboxylic acids is 1. The summed E-state index contributed by atoms with van der Waals surface area (Å²) in [4.78, 5) is 45.9. The zero-order valence-electron chi connectivity index (χ0n) is 16.2. The van der Waals surface area contributed by atoms with Crippen LogP contribution in [0.1, 0.15) is 17.0 Å².